The highest BCUT2D eigenvalue weighted by molar-refractivity contribution is 5.86. The van der Waals surface area contributed by atoms with Crippen molar-refractivity contribution >= 4 is 12.1 Å². The first-order valence-electron chi connectivity index (χ1n) is 9.98. The van der Waals surface area contributed by atoms with Crippen molar-refractivity contribution in [2.75, 3.05) is 13.1 Å². The van der Waals surface area contributed by atoms with Gasteiger partial charge in [-0.05, 0) is 32.9 Å². The molecule has 0 radical (unpaired) electrons. The lowest BCUT2D eigenvalue weighted by Crippen LogP contribution is -2.44. The quantitative estimate of drug-likeness (QED) is 0.727. The van der Waals surface area contributed by atoms with Crippen molar-refractivity contribution in [3.05, 3.63) is 47.4 Å². The van der Waals surface area contributed by atoms with Crippen LogP contribution in [0.3, 0.4) is 0 Å². The van der Waals surface area contributed by atoms with Gasteiger partial charge >= 0.3 is 12.1 Å². The minimum absolute atomic E-state index is 0.103. The molecule has 0 aliphatic carbocycles. The van der Waals surface area contributed by atoms with Crippen molar-refractivity contribution in [2.24, 2.45) is 0 Å². The largest absolute Gasteiger partial charge is 0.490 e. The van der Waals surface area contributed by atoms with Gasteiger partial charge in [0.2, 0.25) is 0 Å². The summed E-state index contributed by atoms with van der Waals surface area (Å²) in [7, 11) is 0. The summed E-state index contributed by atoms with van der Waals surface area (Å²) in [5.74, 6) is -4.89. The van der Waals surface area contributed by atoms with Crippen molar-refractivity contribution in [1.29, 1.82) is 0 Å². The molecule has 32 heavy (non-hydrogen) atoms. The fraction of sp³-hybridized carbons (Fsp3) is 0.409. The topological polar surface area (TPSA) is 89.0 Å². The molecule has 2 heterocycles. The van der Waals surface area contributed by atoms with Crippen LogP contribution < -0.4 is 4.74 Å². The Morgan fingerprint density at radius 3 is 2.19 bits per heavy atom. The number of carbonyl (C=O) groups is 2. The number of aromatic carboxylic acids is 1. The van der Waals surface area contributed by atoms with Crippen LogP contribution in [0.25, 0.3) is 11.3 Å². The van der Waals surface area contributed by atoms with Gasteiger partial charge in [0, 0.05) is 38.1 Å². The number of carboxylic acids is 1. The Labute approximate surface area is 182 Å². The number of rotatable bonds is 4. The first-order chi connectivity index (χ1) is 14.9. The lowest BCUT2D eigenvalue weighted by molar-refractivity contribution is 0.0126. The lowest BCUT2D eigenvalue weighted by Gasteiger charge is -2.33. The summed E-state index contributed by atoms with van der Waals surface area (Å²) in [5, 5.41) is 9.00. The maximum absolute atomic E-state index is 14.6. The molecule has 7 nitrogen and oxygen atoms in total. The standard InChI is InChI=1S/C22H23F3N2O5/c1-22(2,3)32-21(30)27-8-6-12(7-9-27)31-13-10-15(24)18(16(25)11-13)19-14(23)4-5-17(26-19)20(28)29/h4-5,10-12H,6-9H2,1-3H3,(H,28,29). The molecule has 0 atom stereocenters. The molecular weight excluding hydrogens is 429 g/mol. The number of likely N-dealkylation sites (tertiary alicyclic amines) is 1. The van der Waals surface area contributed by atoms with E-state index < -0.39 is 52.1 Å². The van der Waals surface area contributed by atoms with Crippen molar-refractivity contribution in [1.82, 2.24) is 9.88 Å². The van der Waals surface area contributed by atoms with Gasteiger partial charge < -0.3 is 19.5 Å². The molecule has 10 heteroatoms. The number of amides is 1. The fourth-order valence-electron chi connectivity index (χ4n) is 3.26. The molecule has 0 unspecified atom stereocenters. The van der Waals surface area contributed by atoms with Crippen LogP contribution in [-0.2, 0) is 4.74 Å². The Bertz CT molecular complexity index is 1010. The molecule has 1 N–H and O–H groups in total. The SMILES string of the molecule is CC(C)(C)OC(=O)N1CCC(Oc2cc(F)c(-c3nc(C(=O)O)ccc3F)c(F)c2)CC1. The second-order valence-electron chi connectivity index (χ2n) is 8.38. The third-order valence-electron chi connectivity index (χ3n) is 4.71. The number of hydrogen-bond acceptors (Lipinski definition) is 5. The summed E-state index contributed by atoms with van der Waals surface area (Å²) in [4.78, 5) is 28.2. The minimum atomic E-state index is -1.45. The Hall–Kier alpha value is -3.30. The summed E-state index contributed by atoms with van der Waals surface area (Å²) in [5.41, 5.74) is -2.67. The number of ether oxygens (including phenoxy) is 2. The third kappa shape index (κ3) is 5.49. The van der Waals surface area contributed by atoms with Crippen molar-refractivity contribution < 1.29 is 37.3 Å². The summed E-state index contributed by atoms with van der Waals surface area (Å²) in [6, 6.07) is 3.48. The normalized spacial score (nSPS) is 14.9. The van der Waals surface area contributed by atoms with E-state index in [-0.39, 0.29) is 11.9 Å². The molecule has 1 aromatic carbocycles. The summed E-state index contributed by atoms with van der Waals surface area (Å²) in [6.45, 7) is 6.03. The molecule has 0 saturated carbocycles. The number of nitrogens with zero attached hydrogens (tertiary/aromatic N) is 2. The molecular formula is C22H23F3N2O5. The molecule has 1 aromatic heterocycles. The van der Waals surface area contributed by atoms with Gasteiger partial charge in [0.05, 0.1) is 5.56 Å². The van der Waals surface area contributed by atoms with E-state index in [0.717, 1.165) is 24.3 Å². The van der Waals surface area contributed by atoms with E-state index in [9.17, 15) is 22.8 Å². The van der Waals surface area contributed by atoms with Gasteiger partial charge in [-0.15, -0.1) is 0 Å². The molecule has 2 aromatic rings. The zero-order valence-corrected chi connectivity index (χ0v) is 17.8. The molecule has 1 saturated heterocycles. The number of aromatic nitrogens is 1. The number of benzene rings is 1. The smallest absolute Gasteiger partial charge is 0.410 e. The zero-order chi connectivity index (χ0) is 23.6. The first-order valence-corrected chi connectivity index (χ1v) is 9.98. The summed E-state index contributed by atoms with van der Waals surface area (Å²) < 4.78 is 54.4. The number of piperidine rings is 1. The summed E-state index contributed by atoms with van der Waals surface area (Å²) >= 11 is 0. The number of pyridine rings is 1. The van der Waals surface area contributed by atoms with Crippen LogP contribution in [0.5, 0.6) is 5.75 Å². The number of hydrogen-bond donors (Lipinski definition) is 1. The van der Waals surface area contributed by atoms with Gasteiger partial charge in [-0.2, -0.15) is 0 Å². The molecule has 1 fully saturated rings. The molecule has 0 bridgehead atoms. The van der Waals surface area contributed by atoms with Crippen LogP contribution in [0.15, 0.2) is 24.3 Å². The van der Waals surface area contributed by atoms with Crippen LogP contribution in [0.2, 0.25) is 0 Å². The van der Waals surface area contributed by atoms with E-state index in [1.165, 1.54) is 0 Å². The predicted molar refractivity (Wildman–Crippen MR) is 108 cm³/mol. The number of carboxylic acid groups (broad SMARTS) is 1. The van der Waals surface area contributed by atoms with Gasteiger partial charge in [0.25, 0.3) is 0 Å². The number of halogens is 3. The van der Waals surface area contributed by atoms with Crippen LogP contribution in [0.1, 0.15) is 44.1 Å². The van der Waals surface area contributed by atoms with E-state index in [0.29, 0.717) is 25.9 Å². The van der Waals surface area contributed by atoms with Gasteiger partial charge in [0.1, 0.15) is 46.3 Å². The molecule has 1 amide bonds. The lowest BCUT2D eigenvalue weighted by atomic mass is 10.1. The van der Waals surface area contributed by atoms with Crippen molar-refractivity contribution in [3.8, 4) is 17.0 Å². The highest BCUT2D eigenvalue weighted by atomic mass is 19.1. The third-order valence-corrected chi connectivity index (χ3v) is 4.71. The Morgan fingerprint density at radius 1 is 1.06 bits per heavy atom. The second-order valence-corrected chi connectivity index (χ2v) is 8.38. The maximum atomic E-state index is 14.6. The van der Waals surface area contributed by atoms with Gasteiger partial charge in [-0.1, -0.05) is 0 Å². The number of carbonyl (C=O) groups excluding carboxylic acids is 1. The van der Waals surface area contributed by atoms with E-state index in [1.54, 1.807) is 25.7 Å². The fourth-order valence-corrected chi connectivity index (χ4v) is 3.26. The highest BCUT2D eigenvalue weighted by Gasteiger charge is 2.28. The van der Waals surface area contributed by atoms with Crippen LogP contribution >= 0.6 is 0 Å². The zero-order valence-electron chi connectivity index (χ0n) is 17.8. The monoisotopic (exact) mass is 452 g/mol. The van der Waals surface area contributed by atoms with Gasteiger partial charge in [0.15, 0.2) is 0 Å². The van der Waals surface area contributed by atoms with Crippen molar-refractivity contribution in [3.63, 3.8) is 0 Å². The average Bonchev–Trinajstić information content (AvgIpc) is 2.68. The second kappa shape index (κ2) is 9.05. The van der Waals surface area contributed by atoms with Crippen LogP contribution in [0, 0.1) is 17.5 Å². The Balaban J connectivity index is 1.71. The van der Waals surface area contributed by atoms with E-state index in [1.807, 2.05) is 0 Å². The summed E-state index contributed by atoms with van der Waals surface area (Å²) in [6.07, 6.45) is 0.0429. The predicted octanol–water partition coefficient (Wildman–Crippen LogP) is 4.64. The van der Waals surface area contributed by atoms with E-state index >= 15 is 0 Å². The van der Waals surface area contributed by atoms with E-state index in [4.69, 9.17) is 14.6 Å². The highest BCUT2D eigenvalue weighted by Crippen LogP contribution is 2.31. The molecule has 1 aliphatic rings. The van der Waals surface area contributed by atoms with E-state index in [2.05, 4.69) is 4.98 Å². The molecule has 0 spiro atoms. The molecule has 3 rings (SSSR count). The first kappa shape index (κ1) is 23.4. The van der Waals surface area contributed by atoms with Crippen LogP contribution in [0.4, 0.5) is 18.0 Å². The van der Waals surface area contributed by atoms with Gasteiger partial charge in [-0.25, -0.2) is 27.7 Å². The Kier molecular flexibility index (Phi) is 6.61. The van der Waals surface area contributed by atoms with Gasteiger partial charge in [-0.3, -0.25) is 0 Å². The Morgan fingerprint density at radius 2 is 1.66 bits per heavy atom. The molecule has 172 valence electrons. The minimum Gasteiger partial charge on any atom is -0.490 e. The maximum Gasteiger partial charge on any atom is 0.410 e. The van der Waals surface area contributed by atoms with Crippen molar-refractivity contribution in [2.45, 2.75) is 45.3 Å². The average molecular weight is 452 g/mol. The molecule has 1 aliphatic heterocycles. The van der Waals surface area contributed by atoms with Crippen LogP contribution in [-0.4, -0.2) is 51.8 Å².